The van der Waals surface area contributed by atoms with Crippen LogP contribution in [0.4, 0.5) is 5.69 Å². The summed E-state index contributed by atoms with van der Waals surface area (Å²) in [7, 11) is 0. The van der Waals surface area contributed by atoms with Crippen LogP contribution in [0, 0.1) is 0 Å². The molecule has 0 aliphatic carbocycles. The number of rotatable bonds is 5. The van der Waals surface area contributed by atoms with Crippen LogP contribution in [0.3, 0.4) is 0 Å². The van der Waals surface area contributed by atoms with Gasteiger partial charge in [0, 0.05) is 31.4 Å². The Hall–Kier alpha value is -1.75. The Bertz CT molecular complexity index is 450. The molecule has 1 aliphatic rings. The van der Waals surface area contributed by atoms with E-state index in [2.05, 4.69) is 12.2 Å². The minimum absolute atomic E-state index is 0.200. The van der Waals surface area contributed by atoms with E-state index < -0.39 is 0 Å². The van der Waals surface area contributed by atoms with Gasteiger partial charge in [-0.3, -0.25) is 0 Å². The molecule has 5 heteroatoms. The van der Waals surface area contributed by atoms with Gasteiger partial charge in [0.15, 0.2) is 0 Å². The highest BCUT2D eigenvalue weighted by atomic mass is 16.5. The lowest BCUT2D eigenvalue weighted by atomic mass is 10.1. The number of carbonyl (C=O) groups excluding carboxylic acids is 1. The Kier molecular flexibility index (Phi) is 5.24. The van der Waals surface area contributed by atoms with Gasteiger partial charge in [-0.05, 0) is 18.6 Å². The van der Waals surface area contributed by atoms with Crippen molar-refractivity contribution in [3.8, 4) is 5.75 Å². The molecule has 1 saturated heterocycles. The number of hydrogen-bond acceptors (Lipinski definition) is 5. The van der Waals surface area contributed by atoms with Crippen molar-refractivity contribution in [2.45, 2.75) is 25.8 Å². The van der Waals surface area contributed by atoms with E-state index in [0.717, 1.165) is 31.6 Å². The molecule has 2 N–H and O–H groups in total. The van der Waals surface area contributed by atoms with Gasteiger partial charge in [-0.15, -0.1) is 0 Å². The maximum Gasteiger partial charge on any atom is 0.330 e. The Morgan fingerprint density at radius 1 is 1.55 bits per heavy atom. The molecule has 110 valence electrons. The zero-order valence-electron chi connectivity index (χ0n) is 11.8. The first-order valence-electron chi connectivity index (χ1n) is 7.15. The summed E-state index contributed by atoms with van der Waals surface area (Å²) in [6, 6.07) is 6.66. The van der Waals surface area contributed by atoms with E-state index in [0.29, 0.717) is 13.2 Å². The van der Waals surface area contributed by atoms with E-state index in [9.17, 15) is 9.90 Å². The molecule has 5 nitrogen and oxygen atoms in total. The van der Waals surface area contributed by atoms with E-state index in [4.69, 9.17) is 4.74 Å². The highest BCUT2D eigenvalue weighted by Crippen LogP contribution is 2.23. The minimum Gasteiger partial charge on any atom is -0.508 e. The molecule has 2 rings (SSSR count). The number of ether oxygens (including phenoxy) is 1. The number of hydrogen-bond donors (Lipinski definition) is 2. The summed E-state index contributed by atoms with van der Waals surface area (Å²) in [4.78, 5) is 14.2. The SMILES string of the molecule is CCCCOC(=O)C1CNCCN1c1cccc(O)c1. The Morgan fingerprint density at radius 2 is 2.40 bits per heavy atom. The van der Waals surface area contributed by atoms with Crippen molar-refractivity contribution in [1.82, 2.24) is 5.32 Å². The van der Waals surface area contributed by atoms with Gasteiger partial charge in [-0.2, -0.15) is 0 Å². The van der Waals surface area contributed by atoms with Gasteiger partial charge < -0.3 is 20.1 Å². The summed E-state index contributed by atoms with van der Waals surface area (Å²) in [5.74, 6) is 0.00752. The summed E-state index contributed by atoms with van der Waals surface area (Å²) >= 11 is 0. The third-order valence-electron chi connectivity index (χ3n) is 3.42. The first kappa shape index (κ1) is 14.7. The van der Waals surface area contributed by atoms with Crippen LogP contribution in [-0.4, -0.2) is 43.4 Å². The van der Waals surface area contributed by atoms with Crippen LogP contribution in [0.1, 0.15) is 19.8 Å². The van der Waals surface area contributed by atoms with E-state index >= 15 is 0 Å². The van der Waals surface area contributed by atoms with Gasteiger partial charge in [0.05, 0.1) is 6.61 Å². The van der Waals surface area contributed by atoms with Crippen LogP contribution in [0.25, 0.3) is 0 Å². The number of phenolic OH excluding ortho intramolecular Hbond substituents is 1. The molecule has 1 fully saturated rings. The number of nitrogens with zero attached hydrogens (tertiary/aromatic N) is 1. The second kappa shape index (κ2) is 7.14. The average Bonchev–Trinajstić information content (AvgIpc) is 2.47. The number of nitrogens with one attached hydrogen (secondary N) is 1. The summed E-state index contributed by atoms with van der Waals surface area (Å²) < 4.78 is 5.32. The van der Waals surface area contributed by atoms with Crippen molar-refractivity contribution < 1.29 is 14.6 Å². The van der Waals surface area contributed by atoms with Crippen molar-refractivity contribution in [2.75, 3.05) is 31.1 Å². The number of unbranched alkanes of at least 4 members (excludes halogenated alkanes) is 1. The standard InChI is InChI=1S/C15H22N2O3/c1-2-3-9-20-15(19)14-11-16-7-8-17(14)12-5-4-6-13(18)10-12/h4-6,10,14,16,18H,2-3,7-9,11H2,1H3. The van der Waals surface area contributed by atoms with Crippen molar-refractivity contribution in [2.24, 2.45) is 0 Å². The van der Waals surface area contributed by atoms with Gasteiger partial charge >= 0.3 is 5.97 Å². The number of piperazine rings is 1. The number of benzene rings is 1. The average molecular weight is 278 g/mol. The highest BCUT2D eigenvalue weighted by molar-refractivity contribution is 5.81. The predicted octanol–water partition coefficient (Wildman–Crippen LogP) is 1.51. The van der Waals surface area contributed by atoms with Crippen molar-refractivity contribution >= 4 is 11.7 Å². The molecule has 1 aliphatic heterocycles. The molecular weight excluding hydrogens is 256 g/mol. The topological polar surface area (TPSA) is 61.8 Å². The van der Waals surface area contributed by atoms with Gasteiger partial charge in [-0.1, -0.05) is 19.4 Å². The minimum atomic E-state index is -0.331. The van der Waals surface area contributed by atoms with E-state index in [-0.39, 0.29) is 17.8 Å². The normalized spacial score (nSPS) is 18.9. The summed E-state index contributed by atoms with van der Waals surface area (Å²) in [5, 5.41) is 12.8. The molecule has 0 spiro atoms. The number of aromatic hydroxyl groups is 1. The zero-order chi connectivity index (χ0) is 14.4. The molecule has 1 heterocycles. The van der Waals surface area contributed by atoms with Crippen LogP contribution in [-0.2, 0) is 9.53 Å². The fourth-order valence-electron chi connectivity index (χ4n) is 2.31. The van der Waals surface area contributed by atoms with Crippen molar-refractivity contribution in [3.63, 3.8) is 0 Å². The fourth-order valence-corrected chi connectivity index (χ4v) is 2.31. The fraction of sp³-hybridized carbons (Fsp3) is 0.533. The smallest absolute Gasteiger partial charge is 0.330 e. The van der Waals surface area contributed by atoms with Crippen LogP contribution < -0.4 is 10.2 Å². The first-order chi connectivity index (χ1) is 9.72. The number of anilines is 1. The Morgan fingerprint density at radius 3 is 3.15 bits per heavy atom. The summed E-state index contributed by atoms with van der Waals surface area (Å²) in [6.07, 6.45) is 1.89. The molecule has 0 amide bonds. The molecular formula is C15H22N2O3. The van der Waals surface area contributed by atoms with Crippen molar-refractivity contribution in [3.05, 3.63) is 24.3 Å². The lowest BCUT2D eigenvalue weighted by Gasteiger charge is -2.36. The predicted molar refractivity (Wildman–Crippen MR) is 78.0 cm³/mol. The first-order valence-corrected chi connectivity index (χ1v) is 7.15. The van der Waals surface area contributed by atoms with Crippen LogP contribution >= 0.6 is 0 Å². The molecule has 0 saturated carbocycles. The lowest BCUT2D eigenvalue weighted by molar-refractivity contribution is -0.145. The zero-order valence-corrected chi connectivity index (χ0v) is 11.8. The second-order valence-electron chi connectivity index (χ2n) is 4.95. The molecule has 1 aromatic carbocycles. The number of esters is 1. The van der Waals surface area contributed by atoms with E-state index in [1.54, 1.807) is 18.2 Å². The number of carbonyl (C=O) groups is 1. The third kappa shape index (κ3) is 3.63. The molecule has 20 heavy (non-hydrogen) atoms. The van der Waals surface area contributed by atoms with E-state index in [1.165, 1.54) is 0 Å². The molecule has 0 radical (unpaired) electrons. The van der Waals surface area contributed by atoms with Crippen LogP contribution in [0.15, 0.2) is 24.3 Å². The lowest BCUT2D eigenvalue weighted by Crippen LogP contribution is -2.55. The van der Waals surface area contributed by atoms with Crippen LogP contribution in [0.2, 0.25) is 0 Å². The van der Waals surface area contributed by atoms with Crippen LogP contribution in [0.5, 0.6) is 5.75 Å². The maximum absolute atomic E-state index is 12.2. The Balaban J connectivity index is 2.07. The maximum atomic E-state index is 12.2. The second-order valence-corrected chi connectivity index (χ2v) is 4.95. The van der Waals surface area contributed by atoms with Gasteiger partial charge in [0.1, 0.15) is 11.8 Å². The largest absolute Gasteiger partial charge is 0.508 e. The van der Waals surface area contributed by atoms with Crippen molar-refractivity contribution in [1.29, 1.82) is 0 Å². The third-order valence-corrected chi connectivity index (χ3v) is 3.42. The van der Waals surface area contributed by atoms with Gasteiger partial charge in [0.25, 0.3) is 0 Å². The monoisotopic (exact) mass is 278 g/mol. The van der Waals surface area contributed by atoms with Gasteiger partial charge in [-0.25, -0.2) is 4.79 Å². The Labute approximate surface area is 119 Å². The summed E-state index contributed by atoms with van der Waals surface area (Å²) in [5.41, 5.74) is 0.851. The molecule has 1 atom stereocenters. The molecule has 0 bridgehead atoms. The quantitative estimate of drug-likeness (QED) is 0.631. The highest BCUT2D eigenvalue weighted by Gasteiger charge is 2.30. The molecule has 1 aromatic rings. The van der Waals surface area contributed by atoms with Gasteiger partial charge in [0.2, 0.25) is 0 Å². The number of phenols is 1. The summed E-state index contributed by atoms with van der Waals surface area (Å²) in [6.45, 7) is 4.64. The molecule has 0 aromatic heterocycles. The van der Waals surface area contributed by atoms with E-state index in [1.807, 2.05) is 11.0 Å². The molecule has 1 unspecified atom stereocenters.